The first-order chi connectivity index (χ1) is 21.6. The molecule has 4 aromatic carbocycles. The third-order valence-electron chi connectivity index (χ3n) is 6.65. The molecule has 12 heteroatoms. The highest BCUT2D eigenvalue weighted by molar-refractivity contribution is 9.10. The number of thioether (sulfide) groups is 1. The van der Waals surface area contributed by atoms with Crippen molar-refractivity contribution in [1.29, 1.82) is 0 Å². The number of carbonyl (C=O) groups is 4. The number of benzene rings is 4. The van der Waals surface area contributed by atoms with Gasteiger partial charge in [0.2, 0.25) is 11.8 Å². The van der Waals surface area contributed by atoms with Crippen molar-refractivity contribution in [1.82, 2.24) is 5.32 Å². The number of nitrogens with zero attached hydrogens (tertiary/aromatic N) is 1. The van der Waals surface area contributed by atoms with Gasteiger partial charge in [-0.25, -0.2) is 4.90 Å². The Balaban J connectivity index is 1.35. The number of hydrogen-bond donors (Lipinski definition) is 2. The van der Waals surface area contributed by atoms with Gasteiger partial charge >= 0.3 is 0 Å². The van der Waals surface area contributed by atoms with E-state index in [0.717, 1.165) is 9.37 Å². The van der Waals surface area contributed by atoms with Crippen molar-refractivity contribution >= 4 is 92.0 Å². The van der Waals surface area contributed by atoms with E-state index in [2.05, 4.69) is 26.6 Å². The van der Waals surface area contributed by atoms with Gasteiger partial charge in [-0.05, 0) is 88.2 Å². The number of halogens is 3. The summed E-state index contributed by atoms with van der Waals surface area (Å²) in [4.78, 5) is 54.3. The molecule has 1 aliphatic rings. The number of nitrogens with one attached hydrogen (secondary N) is 2. The highest BCUT2D eigenvalue weighted by Crippen LogP contribution is 2.36. The molecule has 228 valence electrons. The largest absolute Gasteiger partial charge is 0.496 e. The maximum absolute atomic E-state index is 13.5. The second-order valence-electron chi connectivity index (χ2n) is 9.73. The zero-order valence-corrected chi connectivity index (χ0v) is 27.5. The van der Waals surface area contributed by atoms with Crippen molar-refractivity contribution in [2.24, 2.45) is 0 Å². The molecule has 45 heavy (non-hydrogen) atoms. The molecule has 0 bridgehead atoms. The van der Waals surface area contributed by atoms with E-state index in [1.165, 1.54) is 31.0 Å². The Bertz CT molecular complexity index is 1840. The van der Waals surface area contributed by atoms with Gasteiger partial charge in [0.1, 0.15) is 11.4 Å². The molecular formula is C33H24BrCl2N3O5S. The monoisotopic (exact) mass is 723 g/mol. The second-order valence-corrected chi connectivity index (χ2v) is 12.7. The van der Waals surface area contributed by atoms with Crippen LogP contribution in [0.4, 0.5) is 11.4 Å². The fourth-order valence-corrected chi connectivity index (χ4v) is 6.29. The molecule has 2 N–H and O–H groups in total. The maximum Gasteiger partial charge on any atom is 0.272 e. The maximum atomic E-state index is 13.5. The van der Waals surface area contributed by atoms with Crippen LogP contribution in [0.5, 0.6) is 5.75 Å². The molecule has 4 aromatic rings. The Hall–Kier alpha value is -4.09. The van der Waals surface area contributed by atoms with Gasteiger partial charge in [-0.2, -0.15) is 0 Å². The van der Waals surface area contributed by atoms with Gasteiger partial charge in [0.05, 0.1) is 32.6 Å². The van der Waals surface area contributed by atoms with Gasteiger partial charge < -0.3 is 15.4 Å². The number of amides is 4. The minimum absolute atomic E-state index is 0.000110. The average Bonchev–Trinajstić information content (AvgIpc) is 3.31. The predicted octanol–water partition coefficient (Wildman–Crippen LogP) is 7.60. The van der Waals surface area contributed by atoms with Crippen LogP contribution in [0.1, 0.15) is 22.3 Å². The van der Waals surface area contributed by atoms with Crippen molar-refractivity contribution in [3.8, 4) is 5.75 Å². The molecule has 1 fully saturated rings. The minimum Gasteiger partial charge on any atom is -0.496 e. The van der Waals surface area contributed by atoms with E-state index in [0.29, 0.717) is 38.2 Å². The lowest BCUT2D eigenvalue weighted by Crippen LogP contribution is -2.31. The van der Waals surface area contributed by atoms with E-state index in [9.17, 15) is 19.2 Å². The van der Waals surface area contributed by atoms with Crippen LogP contribution in [0.2, 0.25) is 10.0 Å². The lowest BCUT2D eigenvalue weighted by atomic mass is 10.1. The van der Waals surface area contributed by atoms with Gasteiger partial charge in [0.15, 0.2) is 0 Å². The summed E-state index contributed by atoms with van der Waals surface area (Å²) in [5.74, 6) is -1.20. The van der Waals surface area contributed by atoms with Crippen LogP contribution in [0, 0.1) is 0 Å². The van der Waals surface area contributed by atoms with Gasteiger partial charge in [-0.1, -0.05) is 53.5 Å². The zero-order valence-electron chi connectivity index (χ0n) is 23.6. The molecular weight excluding hydrogens is 701 g/mol. The summed E-state index contributed by atoms with van der Waals surface area (Å²) in [7, 11) is 1.53. The van der Waals surface area contributed by atoms with Gasteiger partial charge in [0.25, 0.3) is 11.8 Å². The fourth-order valence-electron chi connectivity index (χ4n) is 4.48. The molecule has 1 aliphatic heterocycles. The molecule has 1 heterocycles. The van der Waals surface area contributed by atoms with E-state index >= 15 is 0 Å². The lowest BCUT2D eigenvalue weighted by molar-refractivity contribution is -0.121. The first-order valence-corrected chi connectivity index (χ1v) is 15.9. The summed E-state index contributed by atoms with van der Waals surface area (Å²) in [6.07, 6.45) is 1.54. The minimum atomic E-state index is -0.675. The molecule has 4 amide bonds. The lowest BCUT2D eigenvalue weighted by Gasteiger charge is -2.16. The first-order valence-electron chi connectivity index (χ1n) is 13.4. The Morgan fingerprint density at radius 3 is 2.47 bits per heavy atom. The third kappa shape index (κ3) is 7.77. The highest BCUT2D eigenvalue weighted by atomic mass is 79.9. The number of ether oxygens (including phenoxy) is 1. The van der Waals surface area contributed by atoms with E-state index < -0.39 is 17.1 Å². The second kappa shape index (κ2) is 14.3. The molecule has 1 saturated heterocycles. The van der Waals surface area contributed by atoms with Gasteiger partial charge in [-0.15, -0.1) is 11.8 Å². The van der Waals surface area contributed by atoms with Crippen LogP contribution in [-0.4, -0.2) is 36.0 Å². The Morgan fingerprint density at radius 1 is 0.956 bits per heavy atom. The quantitative estimate of drug-likeness (QED) is 0.136. The summed E-state index contributed by atoms with van der Waals surface area (Å²) in [5, 5.41) is 5.42. The van der Waals surface area contributed by atoms with Gasteiger partial charge in [-0.3, -0.25) is 19.2 Å². The summed E-state index contributed by atoms with van der Waals surface area (Å²) >= 11 is 16.7. The van der Waals surface area contributed by atoms with E-state index in [-0.39, 0.29) is 29.0 Å². The van der Waals surface area contributed by atoms with Crippen LogP contribution >= 0.6 is 50.9 Å². The number of methoxy groups -OCH3 is 1. The third-order valence-corrected chi connectivity index (χ3v) is 9.22. The molecule has 5 rings (SSSR count). The Labute approximate surface area is 281 Å². The van der Waals surface area contributed by atoms with E-state index in [1.807, 2.05) is 0 Å². The van der Waals surface area contributed by atoms with Crippen molar-refractivity contribution < 1.29 is 23.9 Å². The number of imide groups is 1. The Kier molecular flexibility index (Phi) is 10.3. The van der Waals surface area contributed by atoms with Crippen LogP contribution in [-0.2, 0) is 14.4 Å². The summed E-state index contributed by atoms with van der Waals surface area (Å²) in [6.45, 7) is 0. The van der Waals surface area contributed by atoms with Crippen LogP contribution < -0.4 is 20.3 Å². The molecule has 0 aliphatic carbocycles. The SMILES string of the molecule is COc1cc(C=C(NC(=O)c2ccccc2)C(=O)Nc2cccc(SC3CC(=O)N(c4ccc(Cl)c(Cl)c4)C3=O)c2)ccc1Br. The molecule has 0 spiro atoms. The summed E-state index contributed by atoms with van der Waals surface area (Å²) in [6, 6.07) is 25.3. The van der Waals surface area contributed by atoms with Crippen LogP contribution in [0.3, 0.4) is 0 Å². The highest BCUT2D eigenvalue weighted by Gasteiger charge is 2.40. The normalized spacial score (nSPS) is 14.8. The average molecular weight is 725 g/mol. The predicted molar refractivity (Wildman–Crippen MR) is 181 cm³/mol. The van der Waals surface area contributed by atoms with E-state index in [1.54, 1.807) is 84.9 Å². The number of carbonyl (C=O) groups excluding carboxylic acids is 4. The number of anilines is 2. The van der Waals surface area contributed by atoms with Crippen molar-refractivity contribution in [2.75, 3.05) is 17.3 Å². The molecule has 1 unspecified atom stereocenters. The van der Waals surface area contributed by atoms with Crippen molar-refractivity contribution in [3.05, 3.63) is 122 Å². The van der Waals surface area contributed by atoms with Crippen molar-refractivity contribution in [3.63, 3.8) is 0 Å². The molecule has 8 nitrogen and oxygen atoms in total. The first kappa shape index (κ1) is 32.3. The summed E-state index contributed by atoms with van der Waals surface area (Å²) in [5.41, 5.74) is 1.78. The van der Waals surface area contributed by atoms with Crippen LogP contribution in [0.25, 0.3) is 6.08 Å². The van der Waals surface area contributed by atoms with Crippen molar-refractivity contribution in [2.45, 2.75) is 16.6 Å². The van der Waals surface area contributed by atoms with E-state index in [4.69, 9.17) is 27.9 Å². The molecule has 0 radical (unpaired) electrons. The van der Waals surface area contributed by atoms with Crippen LogP contribution in [0.15, 0.2) is 106 Å². The van der Waals surface area contributed by atoms with Gasteiger partial charge in [0, 0.05) is 22.6 Å². The molecule has 0 saturated carbocycles. The number of rotatable bonds is 9. The number of hydrogen-bond acceptors (Lipinski definition) is 6. The smallest absolute Gasteiger partial charge is 0.272 e. The summed E-state index contributed by atoms with van der Waals surface area (Å²) < 4.78 is 6.11. The Morgan fingerprint density at radius 2 is 1.73 bits per heavy atom. The molecule has 1 atom stereocenters. The standard InChI is InChI=1S/C33H24BrCl2N3O5S/c1-44-28-15-19(10-12-24(28)34)14-27(38-31(41)20-6-3-2-4-7-20)32(42)37-21-8-5-9-23(16-21)45-29-18-30(40)39(33(29)43)22-11-13-25(35)26(36)17-22/h2-17,29H,18H2,1H3,(H,37,42)(H,38,41). The fraction of sp³-hybridized carbons (Fsp3) is 0.0909. The topological polar surface area (TPSA) is 105 Å². The zero-order chi connectivity index (χ0) is 32.1. The molecule has 0 aromatic heterocycles.